The lowest BCUT2D eigenvalue weighted by Crippen LogP contribution is -2.08. The summed E-state index contributed by atoms with van der Waals surface area (Å²) >= 11 is 0. The summed E-state index contributed by atoms with van der Waals surface area (Å²) in [6, 6.07) is 29.8. The third-order valence-electron chi connectivity index (χ3n) is 5.98. The predicted molar refractivity (Wildman–Crippen MR) is 122 cm³/mol. The Morgan fingerprint density at radius 3 is 1.69 bits per heavy atom. The Labute approximate surface area is 168 Å². The van der Waals surface area contributed by atoms with Crippen LogP contribution in [-0.2, 0) is 0 Å². The van der Waals surface area contributed by atoms with Crippen LogP contribution in [0.5, 0.6) is 0 Å². The van der Waals surface area contributed by atoms with E-state index >= 15 is 0 Å². The van der Waals surface area contributed by atoms with Crippen LogP contribution in [0.1, 0.15) is 22.3 Å². The number of Topliss-reactive ketones (excluding diaryl/α,β-unsaturated/α-hetero) is 1. The van der Waals surface area contributed by atoms with E-state index in [2.05, 4.69) is 91.0 Å². The number of rotatable bonds is 1. The lowest BCUT2D eigenvalue weighted by atomic mass is 9.81. The largest absolute Gasteiger partial charge is 0.294 e. The molecule has 1 aliphatic rings. The van der Waals surface area contributed by atoms with Crippen molar-refractivity contribution in [2.45, 2.75) is 6.42 Å². The van der Waals surface area contributed by atoms with Gasteiger partial charge in [-0.1, -0.05) is 84.9 Å². The smallest absolute Gasteiger partial charge is 0.167 e. The fourth-order valence-corrected chi connectivity index (χ4v) is 4.74. The maximum absolute atomic E-state index is 13.1. The second-order valence-electron chi connectivity index (χ2n) is 7.66. The van der Waals surface area contributed by atoms with Gasteiger partial charge in [-0.05, 0) is 55.6 Å². The molecular weight excluding hydrogens is 352 g/mol. The van der Waals surface area contributed by atoms with E-state index in [1.165, 1.54) is 21.5 Å². The average Bonchev–Trinajstić information content (AvgIpc) is 2.76. The third-order valence-corrected chi connectivity index (χ3v) is 5.98. The second kappa shape index (κ2) is 6.15. The molecule has 0 radical (unpaired) electrons. The molecule has 0 bridgehead atoms. The zero-order valence-corrected chi connectivity index (χ0v) is 15.9. The first kappa shape index (κ1) is 16.3. The molecule has 1 nitrogen and oxygen atoms in total. The van der Waals surface area contributed by atoms with Crippen LogP contribution in [0.25, 0.3) is 49.5 Å². The first-order valence-corrected chi connectivity index (χ1v) is 9.97. The van der Waals surface area contributed by atoms with Gasteiger partial charge in [0, 0.05) is 17.5 Å². The predicted octanol–water partition coefficient (Wildman–Crippen LogP) is 7.41. The fourth-order valence-electron chi connectivity index (χ4n) is 4.74. The van der Waals surface area contributed by atoms with Crippen LogP contribution in [-0.4, -0.2) is 5.78 Å². The molecule has 1 heteroatoms. The fraction of sp³-hybridized carbons (Fsp3) is 0.0357. The monoisotopic (exact) mass is 370 g/mol. The highest BCUT2D eigenvalue weighted by molar-refractivity contribution is 6.23. The van der Waals surface area contributed by atoms with Crippen molar-refractivity contribution >= 4 is 44.2 Å². The van der Waals surface area contributed by atoms with Crippen LogP contribution in [0.3, 0.4) is 0 Å². The summed E-state index contributed by atoms with van der Waals surface area (Å²) < 4.78 is 0. The molecule has 5 aromatic rings. The molecule has 1 aliphatic carbocycles. The van der Waals surface area contributed by atoms with Crippen LogP contribution in [0, 0.1) is 0 Å². The van der Waals surface area contributed by atoms with Crippen LogP contribution < -0.4 is 0 Å². The van der Waals surface area contributed by atoms with Gasteiger partial charge in [-0.25, -0.2) is 0 Å². The summed E-state index contributed by atoms with van der Waals surface area (Å²) in [5.74, 6) is 0.195. The highest BCUT2D eigenvalue weighted by Crippen LogP contribution is 2.44. The van der Waals surface area contributed by atoms with E-state index in [-0.39, 0.29) is 5.78 Å². The number of ketones is 1. The number of carbonyl (C=O) groups excluding carboxylic acids is 1. The first-order chi connectivity index (χ1) is 14.3. The van der Waals surface area contributed by atoms with Gasteiger partial charge in [0.15, 0.2) is 5.78 Å². The Morgan fingerprint density at radius 1 is 0.552 bits per heavy atom. The number of benzene rings is 5. The Hall–Kier alpha value is -3.71. The molecule has 0 fully saturated rings. The van der Waals surface area contributed by atoms with Gasteiger partial charge in [-0.3, -0.25) is 4.79 Å². The lowest BCUT2D eigenvalue weighted by Gasteiger charge is -2.21. The molecule has 0 saturated carbocycles. The molecule has 0 amide bonds. The Balaban J connectivity index is 1.92. The molecule has 0 unspecified atom stereocenters. The van der Waals surface area contributed by atoms with Gasteiger partial charge in [0.05, 0.1) is 0 Å². The minimum Gasteiger partial charge on any atom is -0.294 e. The number of fused-ring (bicyclic) bond motifs is 4. The van der Waals surface area contributed by atoms with E-state index in [0.29, 0.717) is 6.42 Å². The molecule has 29 heavy (non-hydrogen) atoms. The molecule has 136 valence electrons. The van der Waals surface area contributed by atoms with Crippen molar-refractivity contribution in [3.05, 3.63) is 102 Å². The van der Waals surface area contributed by atoms with E-state index in [0.717, 1.165) is 33.0 Å². The number of hydrogen-bond donors (Lipinski definition) is 0. The van der Waals surface area contributed by atoms with Gasteiger partial charge < -0.3 is 0 Å². The van der Waals surface area contributed by atoms with Crippen LogP contribution >= 0.6 is 0 Å². The molecule has 0 N–H and O–H groups in total. The molecule has 0 atom stereocenters. The van der Waals surface area contributed by atoms with Gasteiger partial charge >= 0.3 is 0 Å². The third kappa shape index (κ3) is 2.37. The minimum atomic E-state index is 0.195. The van der Waals surface area contributed by atoms with Gasteiger partial charge in [-0.15, -0.1) is 0 Å². The number of hydrogen-bond acceptors (Lipinski definition) is 1. The normalized spacial score (nSPS) is 13.3. The minimum absolute atomic E-state index is 0.195. The van der Waals surface area contributed by atoms with Crippen LogP contribution in [0.15, 0.2) is 91.0 Å². The van der Waals surface area contributed by atoms with Crippen LogP contribution in [0.2, 0.25) is 0 Å². The van der Waals surface area contributed by atoms with Crippen molar-refractivity contribution < 1.29 is 4.79 Å². The summed E-state index contributed by atoms with van der Waals surface area (Å²) in [5, 5.41) is 7.07. The molecule has 6 rings (SSSR count). The quantitative estimate of drug-likeness (QED) is 0.281. The van der Waals surface area contributed by atoms with E-state index in [4.69, 9.17) is 0 Å². The van der Waals surface area contributed by atoms with Crippen molar-refractivity contribution in [1.29, 1.82) is 0 Å². The topological polar surface area (TPSA) is 17.1 Å². The lowest BCUT2D eigenvalue weighted by molar-refractivity contribution is 0.0995. The van der Waals surface area contributed by atoms with E-state index < -0.39 is 0 Å². The first-order valence-electron chi connectivity index (χ1n) is 9.97. The molecule has 0 spiro atoms. The van der Waals surface area contributed by atoms with E-state index in [1.54, 1.807) is 0 Å². The summed E-state index contributed by atoms with van der Waals surface area (Å²) in [5.41, 5.74) is 4.11. The Morgan fingerprint density at radius 2 is 1.07 bits per heavy atom. The molecule has 0 saturated heterocycles. The van der Waals surface area contributed by atoms with Crippen LogP contribution in [0.4, 0.5) is 0 Å². The molecule has 0 aromatic heterocycles. The number of allylic oxidation sites excluding steroid dienone is 1. The molecular formula is C28H18O. The average molecular weight is 370 g/mol. The van der Waals surface area contributed by atoms with Gasteiger partial charge in [0.25, 0.3) is 0 Å². The van der Waals surface area contributed by atoms with E-state index in [1.807, 2.05) is 6.08 Å². The molecule has 5 aromatic carbocycles. The summed E-state index contributed by atoms with van der Waals surface area (Å²) in [6.07, 6.45) is 4.53. The maximum Gasteiger partial charge on any atom is 0.167 e. The van der Waals surface area contributed by atoms with Crippen molar-refractivity contribution in [2.75, 3.05) is 0 Å². The zero-order chi connectivity index (χ0) is 19.4. The zero-order valence-electron chi connectivity index (χ0n) is 15.9. The Kier molecular flexibility index (Phi) is 3.45. The molecule has 0 heterocycles. The van der Waals surface area contributed by atoms with E-state index in [9.17, 15) is 4.79 Å². The summed E-state index contributed by atoms with van der Waals surface area (Å²) in [7, 11) is 0. The summed E-state index contributed by atoms with van der Waals surface area (Å²) in [4.78, 5) is 13.1. The highest BCUT2D eigenvalue weighted by Gasteiger charge is 2.23. The van der Waals surface area contributed by atoms with Gasteiger partial charge in [-0.2, -0.15) is 0 Å². The van der Waals surface area contributed by atoms with Crippen molar-refractivity contribution in [1.82, 2.24) is 0 Å². The van der Waals surface area contributed by atoms with Gasteiger partial charge in [0.2, 0.25) is 0 Å². The van der Waals surface area contributed by atoms with Crippen molar-refractivity contribution in [3.8, 4) is 11.1 Å². The number of carbonyl (C=O) groups is 1. The van der Waals surface area contributed by atoms with Crippen molar-refractivity contribution in [3.63, 3.8) is 0 Å². The Bertz CT molecular complexity index is 1430. The van der Waals surface area contributed by atoms with Gasteiger partial charge in [0.1, 0.15) is 0 Å². The second-order valence-corrected chi connectivity index (χ2v) is 7.66. The SMILES string of the molecule is O=C1CC=Cc2cc3ccccc3c(-c3c4ccccc4cc4ccccc34)c21. The highest BCUT2D eigenvalue weighted by atomic mass is 16.1. The summed E-state index contributed by atoms with van der Waals surface area (Å²) in [6.45, 7) is 0. The maximum atomic E-state index is 13.1. The molecule has 0 aliphatic heterocycles. The van der Waals surface area contributed by atoms with Crippen molar-refractivity contribution in [2.24, 2.45) is 0 Å². The standard InChI is InChI=1S/C28H18O/c29-25-15-7-11-21-17-20-10-3-6-14-24(20)28(26(21)25)27-22-12-4-1-8-18(22)16-19-9-2-5-13-23(19)27/h1-14,16-17H,15H2.